The van der Waals surface area contributed by atoms with Gasteiger partial charge in [-0.1, -0.05) is 0 Å². The fourth-order valence-corrected chi connectivity index (χ4v) is 0. The Morgan fingerprint density at radius 2 is 1.20 bits per heavy atom. The van der Waals surface area contributed by atoms with E-state index in [2.05, 4.69) is 10.5 Å². The Bertz CT molecular complexity index is 6.85. The molecule has 0 atom stereocenters. The van der Waals surface area contributed by atoms with E-state index in [9.17, 15) is 0 Å². The van der Waals surface area contributed by atoms with Crippen molar-refractivity contribution in [1.29, 1.82) is 0 Å². The Hall–Kier alpha value is -0.0800. The minimum Gasteiger partial charge on any atom is -0.388 e. The fourth-order valence-electron chi connectivity index (χ4n) is 0. The van der Waals surface area contributed by atoms with Gasteiger partial charge in [0, 0.05) is 14.2 Å². The summed E-state index contributed by atoms with van der Waals surface area (Å²) in [7, 11) is 4.75. The van der Waals surface area contributed by atoms with Gasteiger partial charge in [0.1, 0.15) is 0 Å². The third-order valence-electron chi connectivity index (χ3n) is 0. The van der Waals surface area contributed by atoms with Crippen LogP contribution in [0.5, 0.6) is 0 Å². The van der Waals surface area contributed by atoms with Gasteiger partial charge >= 0.3 is 0 Å². The van der Waals surface area contributed by atoms with Crippen molar-refractivity contribution in [3.8, 4) is 0 Å². The van der Waals surface area contributed by atoms with Gasteiger partial charge in [0.2, 0.25) is 0 Å². The van der Waals surface area contributed by atoms with Crippen LogP contribution >= 0.6 is 0 Å². The van der Waals surface area contributed by atoms with E-state index >= 15 is 0 Å². The van der Waals surface area contributed by atoms with Crippen molar-refractivity contribution in [3.05, 3.63) is 0 Å². The molecule has 0 aliphatic carbocycles. The molecule has 0 aromatic rings. The van der Waals surface area contributed by atoms with Crippen molar-refractivity contribution in [2.24, 2.45) is 5.73 Å². The van der Waals surface area contributed by atoms with Gasteiger partial charge in [-0.2, -0.15) is 0 Å². The lowest BCUT2D eigenvalue weighted by atomic mass is 11.6. The summed E-state index contributed by atoms with van der Waals surface area (Å²) in [6.07, 6.45) is 0. The van der Waals surface area contributed by atoms with Crippen LogP contribution in [0.2, 0.25) is 0 Å². The average molecular weight is 77.1 g/mol. The predicted molar refractivity (Wildman–Crippen MR) is 23.0 cm³/mol. The molecule has 34 valence electrons. The number of hydrogen-bond donors (Lipinski definition) is 1. The number of nitrogens with two attached hydrogens (primary N) is 1. The van der Waals surface area contributed by atoms with Gasteiger partial charge < -0.3 is 10.5 Å². The summed E-state index contributed by atoms with van der Waals surface area (Å²) in [5.41, 5.74) is 4.50. The predicted octanol–water partition coefficient (Wildman–Crippen LogP) is -0.163. The van der Waals surface area contributed by atoms with E-state index in [1.807, 2.05) is 0 Å². The van der Waals surface area contributed by atoms with E-state index in [4.69, 9.17) is 0 Å². The monoisotopic (exact) mass is 77.1 g/mol. The van der Waals surface area contributed by atoms with Crippen LogP contribution in [0.3, 0.4) is 0 Å². The van der Waals surface area contributed by atoms with Crippen molar-refractivity contribution in [3.63, 3.8) is 0 Å². The number of methoxy groups -OCH3 is 1. The molecule has 0 heterocycles. The molecule has 0 aromatic heterocycles. The summed E-state index contributed by atoms with van der Waals surface area (Å²) in [5, 5.41) is 0. The zero-order chi connectivity index (χ0) is 4.71. The Balaban J connectivity index is 0. The first kappa shape index (κ1) is 8.87. The molecule has 0 saturated carbocycles. The smallest absolute Gasteiger partial charge is 0.0351 e. The van der Waals surface area contributed by atoms with Crippen LogP contribution in [0, 0.1) is 0 Å². The van der Waals surface area contributed by atoms with Crippen LogP contribution < -0.4 is 5.73 Å². The van der Waals surface area contributed by atoms with Crippen LogP contribution in [0.15, 0.2) is 0 Å². The highest BCUT2D eigenvalue weighted by Crippen LogP contribution is 1.28. The molecule has 0 rings (SSSR count). The van der Waals surface area contributed by atoms with E-state index < -0.39 is 0 Å². The molecule has 0 radical (unpaired) electrons. The molecule has 2 N–H and O–H groups in total. The molecule has 0 bridgehead atoms. The first-order valence-corrected chi connectivity index (χ1v) is 1.39. The van der Waals surface area contributed by atoms with E-state index in [1.54, 1.807) is 14.2 Å². The maximum absolute atomic E-state index is 4.50. The van der Waals surface area contributed by atoms with E-state index in [1.165, 1.54) is 7.05 Å². The van der Waals surface area contributed by atoms with Crippen molar-refractivity contribution >= 4 is 0 Å². The quantitative estimate of drug-likeness (QED) is 0.436. The lowest BCUT2D eigenvalue weighted by Crippen LogP contribution is -1.69. The minimum absolute atomic E-state index is 1.50. The van der Waals surface area contributed by atoms with Gasteiger partial charge in [-0.3, -0.25) is 0 Å². The molecule has 5 heavy (non-hydrogen) atoms. The summed E-state index contributed by atoms with van der Waals surface area (Å²) >= 11 is 0. The Morgan fingerprint density at radius 3 is 1.20 bits per heavy atom. The summed E-state index contributed by atoms with van der Waals surface area (Å²) in [6.45, 7) is 0. The summed E-state index contributed by atoms with van der Waals surface area (Å²) in [5.74, 6) is 0. The Labute approximate surface area is 32.9 Å². The molecular formula is C3H11NO. The lowest BCUT2D eigenvalue weighted by Gasteiger charge is -1.61. The average Bonchev–Trinajstić information content (AvgIpc) is 1.46. The van der Waals surface area contributed by atoms with Crippen LogP contribution in [0.1, 0.15) is 0 Å². The molecule has 0 aliphatic rings. The maximum Gasteiger partial charge on any atom is 0.0351 e. The fraction of sp³-hybridized carbons (Fsp3) is 1.00. The van der Waals surface area contributed by atoms with E-state index in [0.29, 0.717) is 0 Å². The molecule has 0 aromatic carbocycles. The van der Waals surface area contributed by atoms with Crippen molar-refractivity contribution in [1.82, 2.24) is 0 Å². The van der Waals surface area contributed by atoms with Crippen LogP contribution in [0.4, 0.5) is 0 Å². The highest BCUT2D eigenvalue weighted by atomic mass is 16.4. The maximum atomic E-state index is 4.50. The van der Waals surface area contributed by atoms with Crippen LogP contribution in [-0.2, 0) is 4.74 Å². The van der Waals surface area contributed by atoms with Gasteiger partial charge in [-0.25, -0.2) is 0 Å². The second kappa shape index (κ2) is 39.5. The van der Waals surface area contributed by atoms with Gasteiger partial charge in [0.15, 0.2) is 0 Å². The molecule has 0 aliphatic heterocycles. The molecule has 0 unspecified atom stereocenters. The summed E-state index contributed by atoms with van der Waals surface area (Å²) in [4.78, 5) is 0. The lowest BCUT2D eigenvalue weighted by molar-refractivity contribution is 0.277. The molecule has 0 spiro atoms. The Morgan fingerprint density at radius 1 is 1.20 bits per heavy atom. The molecule has 0 fully saturated rings. The molecule has 2 nitrogen and oxygen atoms in total. The second-order valence-corrected chi connectivity index (χ2v) is 0.408. The van der Waals surface area contributed by atoms with Gasteiger partial charge in [-0.15, -0.1) is 0 Å². The standard InChI is InChI=1S/C2H6O.CH5N/c1-3-2;1-2/h1-2H3;2H2,1H3. The molecule has 0 saturated heterocycles. The first-order valence-electron chi connectivity index (χ1n) is 1.39. The minimum atomic E-state index is 1.50. The summed E-state index contributed by atoms with van der Waals surface area (Å²) < 4.78 is 4.25. The van der Waals surface area contributed by atoms with Crippen LogP contribution in [-0.4, -0.2) is 21.3 Å². The number of ether oxygens (including phenoxy) is 1. The first-order chi connectivity index (χ1) is 2.41. The third kappa shape index (κ3) is 2260. The second-order valence-electron chi connectivity index (χ2n) is 0.408. The topological polar surface area (TPSA) is 35.2 Å². The Kier molecular flexibility index (Phi) is 70.0. The zero-order valence-electron chi connectivity index (χ0n) is 3.99. The zero-order valence-corrected chi connectivity index (χ0v) is 3.99. The third-order valence-corrected chi connectivity index (χ3v) is 0. The van der Waals surface area contributed by atoms with Gasteiger partial charge in [0.25, 0.3) is 0 Å². The summed E-state index contributed by atoms with van der Waals surface area (Å²) in [6, 6.07) is 0. The normalized spacial score (nSPS) is 4.80. The van der Waals surface area contributed by atoms with Gasteiger partial charge in [0.05, 0.1) is 0 Å². The van der Waals surface area contributed by atoms with Crippen molar-refractivity contribution in [2.75, 3.05) is 21.3 Å². The number of rotatable bonds is 0. The van der Waals surface area contributed by atoms with Gasteiger partial charge in [-0.05, 0) is 7.05 Å². The van der Waals surface area contributed by atoms with E-state index in [0.717, 1.165) is 0 Å². The number of hydrogen-bond acceptors (Lipinski definition) is 2. The highest BCUT2D eigenvalue weighted by molar-refractivity contribution is 3.56. The SMILES string of the molecule is CN.COC. The van der Waals surface area contributed by atoms with Crippen molar-refractivity contribution in [2.45, 2.75) is 0 Å². The highest BCUT2D eigenvalue weighted by Gasteiger charge is 1.25. The van der Waals surface area contributed by atoms with Crippen LogP contribution in [0.25, 0.3) is 0 Å². The molecule has 2 heteroatoms. The molecule has 0 amide bonds. The van der Waals surface area contributed by atoms with Crippen molar-refractivity contribution < 1.29 is 4.74 Å². The van der Waals surface area contributed by atoms with E-state index in [-0.39, 0.29) is 0 Å². The largest absolute Gasteiger partial charge is 0.388 e. The molecular weight excluding hydrogens is 66.0 g/mol.